The SMILES string of the molecule is Nc1ccc(OCc2ccc(F)cc2F)c(C(F)(F)F)c1. The lowest BCUT2D eigenvalue weighted by Crippen LogP contribution is -2.10. The highest BCUT2D eigenvalue weighted by molar-refractivity contribution is 5.49. The molecule has 2 aromatic rings. The molecule has 0 aromatic heterocycles. The maximum atomic E-state index is 13.4. The van der Waals surface area contributed by atoms with Crippen LogP contribution >= 0.6 is 0 Å². The number of halogens is 5. The summed E-state index contributed by atoms with van der Waals surface area (Å²) in [6, 6.07) is 5.76. The minimum atomic E-state index is -4.65. The Morgan fingerprint density at radius 1 is 1.00 bits per heavy atom. The Morgan fingerprint density at radius 3 is 2.33 bits per heavy atom. The molecule has 0 bridgehead atoms. The molecular formula is C14H10F5NO. The largest absolute Gasteiger partial charge is 0.488 e. The third-order valence-corrected chi connectivity index (χ3v) is 2.71. The number of nitrogen functional groups attached to an aromatic ring is 1. The first kappa shape index (κ1) is 15.1. The van der Waals surface area contributed by atoms with Gasteiger partial charge in [0.2, 0.25) is 0 Å². The summed E-state index contributed by atoms with van der Waals surface area (Å²) in [5.74, 6) is -2.14. The van der Waals surface area contributed by atoms with Gasteiger partial charge >= 0.3 is 6.18 Å². The van der Waals surface area contributed by atoms with Gasteiger partial charge in [-0.1, -0.05) is 0 Å². The molecule has 2 nitrogen and oxygen atoms in total. The van der Waals surface area contributed by atoms with Gasteiger partial charge < -0.3 is 10.5 Å². The van der Waals surface area contributed by atoms with Crippen molar-refractivity contribution in [3.05, 3.63) is 59.2 Å². The van der Waals surface area contributed by atoms with Crippen molar-refractivity contribution < 1.29 is 26.7 Å². The van der Waals surface area contributed by atoms with Gasteiger partial charge in [-0.25, -0.2) is 8.78 Å². The molecule has 7 heteroatoms. The predicted molar refractivity (Wildman–Crippen MR) is 66.5 cm³/mol. The molecule has 0 aliphatic rings. The smallest absolute Gasteiger partial charge is 0.420 e. The standard InChI is InChI=1S/C14H10F5NO/c15-9-2-1-8(12(16)5-9)7-21-13-4-3-10(20)6-11(13)14(17,18)19/h1-6H,7,20H2. The highest BCUT2D eigenvalue weighted by Crippen LogP contribution is 2.37. The number of hydrogen-bond acceptors (Lipinski definition) is 2. The van der Waals surface area contributed by atoms with Crippen LogP contribution in [0.5, 0.6) is 5.75 Å². The van der Waals surface area contributed by atoms with Crippen molar-refractivity contribution >= 4 is 5.69 Å². The summed E-state index contributed by atoms with van der Waals surface area (Å²) in [4.78, 5) is 0. The van der Waals surface area contributed by atoms with Crippen molar-refractivity contribution in [3.63, 3.8) is 0 Å². The summed E-state index contributed by atoms with van der Waals surface area (Å²) in [7, 11) is 0. The second-order valence-electron chi connectivity index (χ2n) is 4.28. The van der Waals surface area contributed by atoms with Crippen LogP contribution in [-0.2, 0) is 12.8 Å². The lowest BCUT2D eigenvalue weighted by Gasteiger charge is -2.14. The fourth-order valence-electron chi connectivity index (χ4n) is 1.69. The van der Waals surface area contributed by atoms with E-state index in [0.29, 0.717) is 6.07 Å². The van der Waals surface area contributed by atoms with Crippen LogP contribution < -0.4 is 10.5 Å². The number of benzene rings is 2. The zero-order chi connectivity index (χ0) is 15.6. The molecule has 0 fully saturated rings. The van der Waals surface area contributed by atoms with Gasteiger partial charge in [-0.2, -0.15) is 13.2 Å². The summed E-state index contributed by atoms with van der Waals surface area (Å²) < 4.78 is 69.6. The molecule has 0 saturated carbocycles. The second kappa shape index (κ2) is 5.59. The summed E-state index contributed by atoms with van der Waals surface area (Å²) in [5.41, 5.74) is 4.14. The Hall–Kier alpha value is -2.31. The molecule has 2 N–H and O–H groups in total. The topological polar surface area (TPSA) is 35.2 Å². The number of rotatable bonds is 3. The minimum Gasteiger partial charge on any atom is -0.488 e. The van der Waals surface area contributed by atoms with E-state index < -0.39 is 35.7 Å². The van der Waals surface area contributed by atoms with Crippen molar-refractivity contribution in [3.8, 4) is 5.75 Å². The Morgan fingerprint density at radius 2 is 1.71 bits per heavy atom. The summed E-state index contributed by atoms with van der Waals surface area (Å²) >= 11 is 0. The van der Waals surface area contributed by atoms with Crippen LogP contribution in [0.4, 0.5) is 27.6 Å². The van der Waals surface area contributed by atoms with Gasteiger partial charge in [0.15, 0.2) is 0 Å². The number of anilines is 1. The van der Waals surface area contributed by atoms with E-state index in [1.165, 1.54) is 6.07 Å². The van der Waals surface area contributed by atoms with Crippen LogP contribution in [0.2, 0.25) is 0 Å². The normalized spacial score (nSPS) is 11.5. The number of ether oxygens (including phenoxy) is 1. The average Bonchev–Trinajstić information content (AvgIpc) is 2.38. The van der Waals surface area contributed by atoms with Crippen molar-refractivity contribution in [1.29, 1.82) is 0 Å². The highest BCUT2D eigenvalue weighted by Gasteiger charge is 2.34. The Bertz CT molecular complexity index is 654. The Kier molecular flexibility index (Phi) is 4.02. The Balaban J connectivity index is 2.24. The molecule has 0 heterocycles. The van der Waals surface area contributed by atoms with E-state index in [-0.39, 0.29) is 11.3 Å². The molecule has 0 unspecified atom stereocenters. The van der Waals surface area contributed by atoms with Gasteiger partial charge in [0, 0.05) is 17.3 Å². The van der Waals surface area contributed by atoms with Crippen molar-refractivity contribution in [2.24, 2.45) is 0 Å². The van der Waals surface area contributed by atoms with Crippen LogP contribution in [-0.4, -0.2) is 0 Å². The highest BCUT2D eigenvalue weighted by atomic mass is 19.4. The van der Waals surface area contributed by atoms with E-state index >= 15 is 0 Å². The van der Waals surface area contributed by atoms with Gasteiger partial charge in [-0.05, 0) is 30.3 Å². The monoisotopic (exact) mass is 303 g/mol. The molecule has 0 spiro atoms. The van der Waals surface area contributed by atoms with Crippen LogP contribution in [0, 0.1) is 11.6 Å². The molecule has 0 aliphatic carbocycles. The molecule has 112 valence electrons. The van der Waals surface area contributed by atoms with Gasteiger partial charge in [0.1, 0.15) is 24.0 Å². The molecule has 0 radical (unpaired) electrons. The summed E-state index contributed by atoms with van der Waals surface area (Å²) in [6.45, 7) is -0.459. The van der Waals surface area contributed by atoms with Crippen LogP contribution in [0.25, 0.3) is 0 Å². The molecule has 2 rings (SSSR count). The maximum absolute atomic E-state index is 13.4. The van der Waals surface area contributed by atoms with E-state index in [4.69, 9.17) is 10.5 Å². The van der Waals surface area contributed by atoms with E-state index in [1.54, 1.807) is 0 Å². The fourth-order valence-corrected chi connectivity index (χ4v) is 1.69. The molecule has 0 atom stereocenters. The van der Waals surface area contributed by atoms with Crippen molar-refractivity contribution in [1.82, 2.24) is 0 Å². The third-order valence-electron chi connectivity index (χ3n) is 2.71. The number of alkyl halides is 3. The zero-order valence-corrected chi connectivity index (χ0v) is 10.5. The first-order valence-corrected chi connectivity index (χ1v) is 5.81. The first-order chi connectivity index (χ1) is 9.77. The van der Waals surface area contributed by atoms with Crippen LogP contribution in [0.3, 0.4) is 0 Å². The Labute approximate surface area is 116 Å². The summed E-state index contributed by atoms with van der Waals surface area (Å²) in [5, 5.41) is 0. The quantitative estimate of drug-likeness (QED) is 0.683. The zero-order valence-electron chi connectivity index (χ0n) is 10.5. The minimum absolute atomic E-state index is 0.0543. The van der Waals surface area contributed by atoms with Crippen molar-refractivity contribution in [2.45, 2.75) is 12.8 Å². The number of nitrogens with two attached hydrogens (primary N) is 1. The van der Waals surface area contributed by atoms with Gasteiger partial charge in [-0.3, -0.25) is 0 Å². The van der Waals surface area contributed by atoms with Gasteiger partial charge in [0.05, 0.1) is 5.56 Å². The van der Waals surface area contributed by atoms with Gasteiger partial charge in [0.25, 0.3) is 0 Å². The maximum Gasteiger partial charge on any atom is 0.420 e. The second-order valence-corrected chi connectivity index (χ2v) is 4.28. The van der Waals surface area contributed by atoms with Crippen LogP contribution in [0.15, 0.2) is 36.4 Å². The molecule has 2 aromatic carbocycles. The van der Waals surface area contributed by atoms with Crippen LogP contribution in [0.1, 0.15) is 11.1 Å². The van der Waals surface area contributed by atoms with Crippen molar-refractivity contribution in [2.75, 3.05) is 5.73 Å². The summed E-state index contributed by atoms with van der Waals surface area (Å²) in [6.07, 6.45) is -4.65. The van der Waals surface area contributed by atoms with E-state index in [9.17, 15) is 22.0 Å². The molecule has 0 aliphatic heterocycles. The molecular weight excluding hydrogens is 293 g/mol. The lowest BCUT2D eigenvalue weighted by atomic mass is 10.1. The van der Waals surface area contributed by atoms with Gasteiger partial charge in [-0.15, -0.1) is 0 Å². The van der Waals surface area contributed by atoms with E-state index in [2.05, 4.69) is 0 Å². The molecule has 0 saturated heterocycles. The molecule has 0 amide bonds. The fraction of sp³-hybridized carbons (Fsp3) is 0.143. The number of hydrogen-bond donors (Lipinski definition) is 1. The average molecular weight is 303 g/mol. The third kappa shape index (κ3) is 3.62. The molecule has 21 heavy (non-hydrogen) atoms. The van der Waals surface area contributed by atoms with E-state index in [0.717, 1.165) is 24.3 Å². The first-order valence-electron chi connectivity index (χ1n) is 5.81. The lowest BCUT2D eigenvalue weighted by molar-refractivity contribution is -0.139. The predicted octanol–water partition coefficient (Wildman–Crippen LogP) is 4.14. The van der Waals surface area contributed by atoms with E-state index in [1.807, 2.05) is 0 Å².